The Bertz CT molecular complexity index is 277. The molecule has 2 heteroatoms. The van der Waals surface area contributed by atoms with Gasteiger partial charge in [-0.1, -0.05) is 44.5 Å². The maximum atomic E-state index is 5.47. The van der Waals surface area contributed by atoms with Gasteiger partial charge in [0.2, 0.25) is 0 Å². The monoisotopic (exact) mass is 212 g/mol. The summed E-state index contributed by atoms with van der Waals surface area (Å²) < 4.78 is 5.17. The topological polar surface area (TPSA) is 9.23 Å². The molecule has 1 nitrogen and oxygen atoms in total. The molecule has 1 aromatic carbocycles. The molecular weight excluding hydrogens is 196 g/mol. The van der Waals surface area contributed by atoms with Crippen molar-refractivity contribution in [2.24, 2.45) is 0 Å². The lowest BCUT2D eigenvalue weighted by atomic mass is 9.82. The zero-order valence-corrected chi connectivity index (χ0v) is 9.77. The van der Waals surface area contributed by atoms with Crippen molar-refractivity contribution in [2.75, 3.05) is 6.07 Å². The van der Waals surface area contributed by atoms with Crippen molar-refractivity contribution in [3.8, 4) is 5.75 Å². The highest BCUT2D eigenvalue weighted by Gasteiger charge is 2.17. The normalized spacial score (nSPS) is 11.4. The van der Waals surface area contributed by atoms with Crippen LogP contribution in [0.25, 0.3) is 0 Å². The molecule has 0 heterocycles. The molecule has 1 aromatic rings. The van der Waals surface area contributed by atoms with Crippen molar-refractivity contribution in [1.29, 1.82) is 0 Å². The second-order valence-electron chi connectivity index (χ2n) is 4.02. The minimum atomic E-state index is 0.205. The Hall–Kier alpha value is -0.690. The zero-order chi connectivity index (χ0) is 10.6. The molecule has 0 fully saturated rings. The summed E-state index contributed by atoms with van der Waals surface area (Å²) in [6, 6.07) is 8.34. The summed E-state index contributed by atoms with van der Waals surface area (Å²) in [5.41, 5.74) is 1.57. The van der Waals surface area contributed by atoms with Crippen LogP contribution in [0.1, 0.15) is 32.8 Å². The van der Waals surface area contributed by atoms with E-state index in [-0.39, 0.29) is 11.5 Å². The number of alkyl halides is 1. The quantitative estimate of drug-likeness (QED) is 0.687. The summed E-state index contributed by atoms with van der Waals surface area (Å²) in [6.45, 7) is 6.68. The molecule has 0 saturated heterocycles. The number of halogens is 1. The zero-order valence-electron chi connectivity index (χ0n) is 9.01. The van der Waals surface area contributed by atoms with Gasteiger partial charge in [0, 0.05) is 0 Å². The van der Waals surface area contributed by atoms with Crippen molar-refractivity contribution in [3.63, 3.8) is 0 Å². The molecule has 0 radical (unpaired) electrons. The Morgan fingerprint density at radius 1 is 1.21 bits per heavy atom. The number of ether oxygens (including phenoxy) is 1. The van der Waals surface area contributed by atoms with Crippen molar-refractivity contribution in [2.45, 2.75) is 32.6 Å². The first-order chi connectivity index (χ1) is 6.60. The fourth-order valence-electron chi connectivity index (χ4n) is 1.27. The average Bonchev–Trinajstić information content (AvgIpc) is 2.19. The lowest BCUT2D eigenvalue weighted by Crippen LogP contribution is -2.14. The summed E-state index contributed by atoms with van der Waals surface area (Å²) in [7, 11) is 0. The van der Waals surface area contributed by atoms with Gasteiger partial charge in [0.1, 0.15) is 5.75 Å². The van der Waals surface area contributed by atoms with E-state index in [1.54, 1.807) is 0 Å². The Morgan fingerprint density at radius 3 is 2.21 bits per heavy atom. The number of rotatable bonds is 4. The van der Waals surface area contributed by atoms with Gasteiger partial charge >= 0.3 is 0 Å². The highest BCUT2D eigenvalue weighted by Crippen LogP contribution is 2.27. The van der Waals surface area contributed by atoms with Crippen LogP contribution in [0.2, 0.25) is 0 Å². The van der Waals surface area contributed by atoms with Crippen molar-refractivity contribution >= 4 is 11.6 Å². The third-order valence-corrected chi connectivity index (χ3v) is 2.85. The largest absolute Gasteiger partial charge is 0.478 e. The fourth-order valence-corrected chi connectivity index (χ4v) is 1.40. The van der Waals surface area contributed by atoms with Gasteiger partial charge in [0.05, 0.1) is 0 Å². The molecule has 0 atom stereocenters. The van der Waals surface area contributed by atoms with E-state index in [4.69, 9.17) is 16.3 Å². The van der Waals surface area contributed by atoms with Crippen LogP contribution in [0.4, 0.5) is 0 Å². The molecule has 0 N–H and O–H groups in total. The highest BCUT2D eigenvalue weighted by atomic mass is 35.5. The highest BCUT2D eigenvalue weighted by molar-refractivity contribution is 6.17. The smallest absolute Gasteiger partial charge is 0.162 e. The maximum Gasteiger partial charge on any atom is 0.162 e. The Kier molecular flexibility index (Phi) is 3.82. The molecule has 0 bridgehead atoms. The summed E-state index contributed by atoms with van der Waals surface area (Å²) in [5.74, 6) is 0.829. The van der Waals surface area contributed by atoms with Gasteiger partial charge < -0.3 is 4.74 Å². The second kappa shape index (κ2) is 4.70. The number of hydrogen-bond donors (Lipinski definition) is 0. The van der Waals surface area contributed by atoms with Crippen LogP contribution in [0.15, 0.2) is 24.3 Å². The summed E-state index contributed by atoms with van der Waals surface area (Å²) in [4.78, 5) is 0. The van der Waals surface area contributed by atoms with E-state index in [1.807, 2.05) is 12.1 Å². The number of hydrogen-bond acceptors (Lipinski definition) is 1. The van der Waals surface area contributed by atoms with Crippen LogP contribution in [0, 0.1) is 0 Å². The average molecular weight is 213 g/mol. The van der Waals surface area contributed by atoms with Crippen LogP contribution in [0.5, 0.6) is 5.75 Å². The van der Waals surface area contributed by atoms with E-state index in [0.717, 1.165) is 12.2 Å². The first-order valence-corrected chi connectivity index (χ1v) is 5.43. The van der Waals surface area contributed by atoms with Gasteiger partial charge in [-0.15, -0.1) is 0 Å². The third kappa shape index (κ3) is 2.65. The van der Waals surface area contributed by atoms with Crippen LogP contribution in [0.3, 0.4) is 0 Å². The molecule has 0 aliphatic rings. The maximum absolute atomic E-state index is 5.47. The molecule has 0 saturated carbocycles. The third-order valence-electron chi connectivity index (χ3n) is 2.74. The van der Waals surface area contributed by atoms with Crippen LogP contribution < -0.4 is 4.74 Å². The van der Waals surface area contributed by atoms with Gasteiger partial charge in [-0.2, -0.15) is 0 Å². The SMILES string of the molecule is CCC(C)(C)c1ccc(OCCl)cc1. The molecule has 0 aliphatic heterocycles. The standard InChI is InChI=1S/C12H17ClO/c1-4-12(2,3)10-5-7-11(8-6-10)14-9-13/h5-8H,4,9H2,1-3H3. The summed E-state index contributed by atoms with van der Waals surface area (Å²) in [5, 5.41) is 0. The molecule has 0 unspecified atom stereocenters. The van der Waals surface area contributed by atoms with E-state index < -0.39 is 0 Å². The first kappa shape index (κ1) is 11.4. The van der Waals surface area contributed by atoms with E-state index >= 15 is 0 Å². The van der Waals surface area contributed by atoms with E-state index in [0.29, 0.717) is 0 Å². The van der Waals surface area contributed by atoms with Crippen LogP contribution in [-0.2, 0) is 5.41 Å². The molecule has 14 heavy (non-hydrogen) atoms. The predicted octanol–water partition coefficient (Wildman–Crippen LogP) is 3.95. The molecule has 0 spiro atoms. The van der Waals surface area contributed by atoms with Crippen molar-refractivity contribution < 1.29 is 4.74 Å². The predicted molar refractivity (Wildman–Crippen MR) is 61.1 cm³/mol. The summed E-state index contributed by atoms with van der Waals surface area (Å²) >= 11 is 5.47. The Labute approximate surface area is 91.0 Å². The van der Waals surface area contributed by atoms with E-state index in [2.05, 4.69) is 32.9 Å². The minimum absolute atomic E-state index is 0.205. The van der Waals surface area contributed by atoms with Crippen LogP contribution >= 0.6 is 11.6 Å². The van der Waals surface area contributed by atoms with Gasteiger partial charge in [-0.05, 0) is 29.5 Å². The van der Waals surface area contributed by atoms with Crippen LogP contribution in [-0.4, -0.2) is 6.07 Å². The van der Waals surface area contributed by atoms with E-state index in [1.165, 1.54) is 5.56 Å². The Balaban J connectivity index is 2.82. The van der Waals surface area contributed by atoms with Crippen molar-refractivity contribution in [1.82, 2.24) is 0 Å². The first-order valence-electron chi connectivity index (χ1n) is 4.89. The fraction of sp³-hybridized carbons (Fsp3) is 0.500. The molecular formula is C12H17ClO. The lowest BCUT2D eigenvalue weighted by molar-refractivity contribution is 0.387. The van der Waals surface area contributed by atoms with Crippen molar-refractivity contribution in [3.05, 3.63) is 29.8 Å². The van der Waals surface area contributed by atoms with Gasteiger partial charge in [0.25, 0.3) is 0 Å². The summed E-state index contributed by atoms with van der Waals surface area (Å²) in [6.07, 6.45) is 1.13. The van der Waals surface area contributed by atoms with Gasteiger partial charge in [-0.3, -0.25) is 0 Å². The Morgan fingerprint density at radius 2 is 1.79 bits per heavy atom. The van der Waals surface area contributed by atoms with E-state index in [9.17, 15) is 0 Å². The number of benzene rings is 1. The molecule has 0 aliphatic carbocycles. The minimum Gasteiger partial charge on any atom is -0.478 e. The molecule has 0 amide bonds. The lowest BCUT2D eigenvalue weighted by Gasteiger charge is -2.23. The molecule has 78 valence electrons. The molecule has 0 aromatic heterocycles. The second-order valence-corrected chi connectivity index (χ2v) is 4.23. The molecule has 1 rings (SSSR count). The van der Waals surface area contributed by atoms with Gasteiger partial charge in [0.15, 0.2) is 6.07 Å². The van der Waals surface area contributed by atoms with Gasteiger partial charge in [-0.25, -0.2) is 0 Å².